The average molecular weight is 477 g/mol. The lowest BCUT2D eigenvalue weighted by molar-refractivity contribution is 0.629. The summed E-state index contributed by atoms with van der Waals surface area (Å²) in [6.45, 7) is 3.78. The van der Waals surface area contributed by atoms with Gasteiger partial charge in [0.1, 0.15) is 11.5 Å². The zero-order valence-corrected chi connectivity index (χ0v) is 19.8. The number of pyridine rings is 1. The van der Waals surface area contributed by atoms with E-state index in [1.54, 1.807) is 6.07 Å². The number of benzene rings is 3. The fourth-order valence-electron chi connectivity index (χ4n) is 4.71. The number of halogens is 1. The van der Waals surface area contributed by atoms with Crippen LogP contribution in [0.3, 0.4) is 0 Å². The first kappa shape index (κ1) is 22.0. The summed E-state index contributed by atoms with van der Waals surface area (Å²) in [6, 6.07) is 21.0. The quantitative estimate of drug-likeness (QED) is 0.213. The highest BCUT2D eigenvalue weighted by molar-refractivity contribution is 6.02. The van der Waals surface area contributed by atoms with Gasteiger partial charge in [0.05, 0.1) is 11.2 Å². The van der Waals surface area contributed by atoms with Crippen LogP contribution in [0, 0.1) is 5.82 Å². The topological polar surface area (TPSA) is 95.4 Å². The van der Waals surface area contributed by atoms with Crippen LogP contribution in [0.4, 0.5) is 10.1 Å². The molecule has 0 fully saturated rings. The Morgan fingerprint density at radius 1 is 0.889 bits per heavy atom. The van der Waals surface area contributed by atoms with Crippen LogP contribution in [0.2, 0.25) is 0 Å². The molecule has 0 radical (unpaired) electrons. The number of nitrogen functional groups attached to an aromatic ring is 1. The molecule has 3 aromatic carbocycles. The third-order valence-corrected chi connectivity index (χ3v) is 6.42. The predicted molar refractivity (Wildman–Crippen MR) is 144 cm³/mol. The Labute approximate surface area is 207 Å². The lowest BCUT2D eigenvalue weighted by atomic mass is 10.0. The zero-order chi connectivity index (χ0) is 24.6. The van der Waals surface area contributed by atoms with Crippen molar-refractivity contribution in [3.05, 3.63) is 90.5 Å². The molecule has 6 rings (SSSR count). The zero-order valence-electron chi connectivity index (χ0n) is 19.8. The van der Waals surface area contributed by atoms with Crippen LogP contribution in [0.25, 0.3) is 55.4 Å². The van der Waals surface area contributed by atoms with Gasteiger partial charge < -0.3 is 16.0 Å². The standard InChI is InChI=1S/C29H25FN6/c1-2-32-14-17-8-20(16-33-15-17)18-6-7-27-25(11-18)29(36-35-27)28-13-24-23(4-3-5-26(24)34-28)19-9-21(30)12-22(31)10-19/h3-13,15-16,32,34H,2,14,31H2,1H3,(H,35,36). The number of aromatic nitrogens is 4. The number of rotatable bonds is 6. The van der Waals surface area contributed by atoms with Gasteiger partial charge >= 0.3 is 0 Å². The van der Waals surface area contributed by atoms with Gasteiger partial charge in [-0.25, -0.2) is 4.39 Å². The van der Waals surface area contributed by atoms with Crippen LogP contribution < -0.4 is 11.1 Å². The highest BCUT2D eigenvalue weighted by atomic mass is 19.1. The molecule has 3 heterocycles. The van der Waals surface area contributed by atoms with Gasteiger partial charge in [-0.05, 0) is 77.3 Å². The van der Waals surface area contributed by atoms with Crippen LogP contribution in [0.5, 0.6) is 0 Å². The molecule has 36 heavy (non-hydrogen) atoms. The van der Waals surface area contributed by atoms with E-state index in [9.17, 15) is 4.39 Å². The van der Waals surface area contributed by atoms with Crippen molar-refractivity contribution >= 4 is 27.5 Å². The molecule has 0 unspecified atom stereocenters. The molecule has 5 N–H and O–H groups in total. The molecule has 6 aromatic rings. The summed E-state index contributed by atoms with van der Waals surface area (Å²) in [6.07, 6.45) is 3.78. The molecule has 7 heteroatoms. The molecule has 3 aromatic heterocycles. The van der Waals surface area contributed by atoms with E-state index >= 15 is 0 Å². The number of hydrogen-bond donors (Lipinski definition) is 4. The Bertz CT molecular complexity index is 1690. The minimum atomic E-state index is -0.354. The van der Waals surface area contributed by atoms with Gasteiger partial charge in [-0.3, -0.25) is 10.1 Å². The van der Waals surface area contributed by atoms with Crippen molar-refractivity contribution in [1.82, 2.24) is 25.5 Å². The second-order valence-electron chi connectivity index (χ2n) is 8.92. The number of nitrogens with two attached hydrogens (primary N) is 1. The second kappa shape index (κ2) is 8.94. The van der Waals surface area contributed by atoms with E-state index in [4.69, 9.17) is 5.73 Å². The van der Waals surface area contributed by atoms with Crippen molar-refractivity contribution in [2.45, 2.75) is 13.5 Å². The van der Waals surface area contributed by atoms with E-state index in [0.717, 1.165) is 74.1 Å². The number of nitrogens with one attached hydrogen (secondary N) is 3. The van der Waals surface area contributed by atoms with E-state index < -0.39 is 0 Å². The molecule has 0 atom stereocenters. The van der Waals surface area contributed by atoms with Crippen LogP contribution >= 0.6 is 0 Å². The number of hydrogen-bond acceptors (Lipinski definition) is 4. The van der Waals surface area contributed by atoms with Crippen LogP contribution in [0.1, 0.15) is 12.5 Å². The van der Waals surface area contributed by atoms with Gasteiger partial charge in [0.25, 0.3) is 0 Å². The minimum Gasteiger partial charge on any atom is -0.399 e. The summed E-state index contributed by atoms with van der Waals surface area (Å²) in [5.74, 6) is -0.354. The van der Waals surface area contributed by atoms with E-state index in [-0.39, 0.29) is 5.82 Å². The summed E-state index contributed by atoms with van der Waals surface area (Å²) in [7, 11) is 0. The summed E-state index contributed by atoms with van der Waals surface area (Å²) in [5.41, 5.74) is 14.8. The first-order chi connectivity index (χ1) is 17.6. The molecule has 0 saturated heterocycles. The molecule has 0 bridgehead atoms. The fraction of sp³-hybridized carbons (Fsp3) is 0.103. The molecule has 0 spiro atoms. The maximum Gasteiger partial charge on any atom is 0.125 e. The third kappa shape index (κ3) is 3.99. The molecule has 0 aliphatic carbocycles. The van der Waals surface area contributed by atoms with E-state index in [1.807, 2.05) is 36.7 Å². The van der Waals surface area contributed by atoms with Crippen LogP contribution in [0.15, 0.2) is 79.1 Å². The number of fused-ring (bicyclic) bond motifs is 2. The Morgan fingerprint density at radius 3 is 2.67 bits per heavy atom. The number of nitrogens with zero attached hydrogens (tertiary/aromatic N) is 2. The summed E-state index contributed by atoms with van der Waals surface area (Å²) in [4.78, 5) is 7.93. The smallest absolute Gasteiger partial charge is 0.125 e. The van der Waals surface area contributed by atoms with Crippen molar-refractivity contribution in [2.75, 3.05) is 12.3 Å². The Morgan fingerprint density at radius 2 is 1.81 bits per heavy atom. The Balaban J connectivity index is 1.44. The first-order valence-electron chi connectivity index (χ1n) is 11.9. The minimum absolute atomic E-state index is 0.354. The molecule has 0 amide bonds. The first-order valence-corrected chi connectivity index (χ1v) is 11.9. The molecule has 6 nitrogen and oxygen atoms in total. The van der Waals surface area contributed by atoms with Crippen LogP contribution in [-0.4, -0.2) is 26.7 Å². The van der Waals surface area contributed by atoms with Crippen molar-refractivity contribution in [2.24, 2.45) is 0 Å². The predicted octanol–water partition coefficient (Wildman–Crippen LogP) is 6.27. The SMILES string of the molecule is CCNCc1cncc(-c2ccc3[nH]nc(-c4cc5c(-c6cc(N)cc(F)c6)cccc5[nH]4)c3c2)c1. The van der Waals surface area contributed by atoms with Gasteiger partial charge in [0.2, 0.25) is 0 Å². The molecule has 178 valence electrons. The van der Waals surface area contributed by atoms with E-state index in [0.29, 0.717) is 5.69 Å². The molecular weight excluding hydrogens is 451 g/mol. The lowest BCUT2D eigenvalue weighted by Gasteiger charge is -2.06. The monoisotopic (exact) mass is 476 g/mol. The van der Waals surface area contributed by atoms with Gasteiger partial charge in [0.15, 0.2) is 0 Å². The van der Waals surface area contributed by atoms with Crippen molar-refractivity contribution < 1.29 is 4.39 Å². The number of H-pyrrole nitrogens is 2. The Kier molecular flexibility index (Phi) is 5.47. The fourth-order valence-corrected chi connectivity index (χ4v) is 4.71. The van der Waals surface area contributed by atoms with Gasteiger partial charge in [0, 0.05) is 46.5 Å². The number of aromatic amines is 2. The normalized spacial score (nSPS) is 11.5. The summed E-state index contributed by atoms with van der Waals surface area (Å²) in [5, 5.41) is 13.1. The maximum absolute atomic E-state index is 14.1. The molecular formula is C29H25FN6. The maximum atomic E-state index is 14.1. The van der Waals surface area contributed by atoms with Crippen LogP contribution in [-0.2, 0) is 6.54 Å². The largest absolute Gasteiger partial charge is 0.399 e. The van der Waals surface area contributed by atoms with Gasteiger partial charge in [-0.2, -0.15) is 5.10 Å². The lowest BCUT2D eigenvalue weighted by Crippen LogP contribution is -2.11. The highest BCUT2D eigenvalue weighted by Gasteiger charge is 2.15. The summed E-state index contributed by atoms with van der Waals surface area (Å²) >= 11 is 0. The molecule has 0 saturated carbocycles. The van der Waals surface area contributed by atoms with Crippen molar-refractivity contribution in [3.8, 4) is 33.6 Å². The van der Waals surface area contributed by atoms with Crippen molar-refractivity contribution in [3.63, 3.8) is 0 Å². The van der Waals surface area contributed by atoms with Gasteiger partial charge in [-0.15, -0.1) is 0 Å². The van der Waals surface area contributed by atoms with E-state index in [2.05, 4.69) is 56.7 Å². The summed E-state index contributed by atoms with van der Waals surface area (Å²) < 4.78 is 14.1. The average Bonchev–Trinajstić information content (AvgIpc) is 3.50. The molecule has 0 aliphatic heterocycles. The number of anilines is 1. The molecule has 0 aliphatic rings. The van der Waals surface area contributed by atoms with Gasteiger partial charge in [-0.1, -0.05) is 25.1 Å². The van der Waals surface area contributed by atoms with Crippen molar-refractivity contribution in [1.29, 1.82) is 0 Å². The van der Waals surface area contributed by atoms with E-state index in [1.165, 1.54) is 12.1 Å². The highest BCUT2D eigenvalue weighted by Crippen LogP contribution is 2.36. The Hall–Kier alpha value is -4.49. The second-order valence-corrected chi connectivity index (χ2v) is 8.92. The third-order valence-electron chi connectivity index (χ3n) is 6.42.